The number of esters is 1. The summed E-state index contributed by atoms with van der Waals surface area (Å²) in [6, 6.07) is 4.06. The molecule has 10 nitrogen and oxygen atoms in total. The predicted octanol–water partition coefficient (Wildman–Crippen LogP) is 0.331. The number of nitrogens with zero attached hydrogens (tertiary/aromatic N) is 2. The van der Waals surface area contributed by atoms with Crippen LogP contribution in [0.2, 0.25) is 0 Å². The number of fused-ring (bicyclic) bond motifs is 1. The number of ether oxygens (including phenoxy) is 2. The van der Waals surface area contributed by atoms with Crippen molar-refractivity contribution in [1.82, 2.24) is 4.98 Å². The van der Waals surface area contributed by atoms with Crippen molar-refractivity contribution in [2.24, 2.45) is 16.5 Å². The standard InChI is InChI=1S/C17H14N4O6/c18-17(19)20-4-3-9-13-12-8(22)2-1-6-11(12)10(5-7(21-6)15(23)24)26-14(13)16(25)27-9/h1-2,5,9,22H,3-4H2,(H,23,24)(H4,18,19,20). The fraction of sp³-hybridized carbons (Fsp3) is 0.176. The summed E-state index contributed by atoms with van der Waals surface area (Å²) in [4.78, 5) is 31.5. The summed E-state index contributed by atoms with van der Waals surface area (Å²) in [6.45, 7) is 0.205. The number of aliphatic imine (C=N–C) groups is 1. The second kappa shape index (κ2) is 5.87. The Morgan fingerprint density at radius 1 is 1.33 bits per heavy atom. The lowest BCUT2D eigenvalue weighted by atomic mass is 9.91. The number of aromatic hydroxyl groups is 1. The molecule has 0 spiro atoms. The highest BCUT2D eigenvalue weighted by Crippen LogP contribution is 2.48. The van der Waals surface area contributed by atoms with Crippen LogP contribution in [-0.2, 0) is 9.53 Å². The first kappa shape index (κ1) is 16.6. The van der Waals surface area contributed by atoms with E-state index < -0.39 is 18.0 Å². The summed E-state index contributed by atoms with van der Waals surface area (Å²) < 4.78 is 11.0. The number of aromatic nitrogens is 1. The van der Waals surface area contributed by atoms with Crippen LogP contribution in [-0.4, -0.2) is 45.7 Å². The molecule has 2 aliphatic rings. The number of aromatic carboxylic acids is 1. The predicted molar refractivity (Wildman–Crippen MR) is 93.1 cm³/mol. The van der Waals surface area contributed by atoms with Crippen molar-refractivity contribution in [1.29, 1.82) is 0 Å². The van der Waals surface area contributed by atoms with E-state index in [0.29, 0.717) is 22.0 Å². The van der Waals surface area contributed by atoms with E-state index >= 15 is 0 Å². The number of hydrogen-bond donors (Lipinski definition) is 4. The number of cyclic esters (lactones) is 1. The van der Waals surface area contributed by atoms with Gasteiger partial charge in [0.15, 0.2) is 11.7 Å². The molecule has 1 unspecified atom stereocenters. The van der Waals surface area contributed by atoms with Gasteiger partial charge in [-0.1, -0.05) is 0 Å². The van der Waals surface area contributed by atoms with E-state index in [2.05, 4.69) is 9.98 Å². The van der Waals surface area contributed by atoms with Gasteiger partial charge in [-0.05, 0) is 12.1 Å². The van der Waals surface area contributed by atoms with Crippen molar-refractivity contribution in [3.8, 4) is 11.5 Å². The Hall–Kier alpha value is -3.82. The van der Waals surface area contributed by atoms with Gasteiger partial charge < -0.3 is 31.2 Å². The number of phenolic OH excluding ortho intramolecular Hbond substituents is 1. The molecule has 0 amide bonds. The lowest BCUT2D eigenvalue weighted by Crippen LogP contribution is -2.23. The summed E-state index contributed by atoms with van der Waals surface area (Å²) in [5.74, 6) is -2.12. The monoisotopic (exact) mass is 370 g/mol. The van der Waals surface area contributed by atoms with E-state index in [1.807, 2.05) is 0 Å². The lowest BCUT2D eigenvalue weighted by molar-refractivity contribution is -0.141. The molecule has 10 heteroatoms. The zero-order chi connectivity index (χ0) is 19.3. The Kier molecular flexibility index (Phi) is 3.62. The molecular weight excluding hydrogens is 356 g/mol. The van der Waals surface area contributed by atoms with Gasteiger partial charge in [-0.3, -0.25) is 4.99 Å². The van der Waals surface area contributed by atoms with E-state index in [-0.39, 0.29) is 41.9 Å². The van der Waals surface area contributed by atoms with Crippen LogP contribution in [0.4, 0.5) is 0 Å². The molecular formula is C17H14N4O6. The van der Waals surface area contributed by atoms with Crippen LogP contribution < -0.4 is 16.2 Å². The molecule has 0 aliphatic carbocycles. The van der Waals surface area contributed by atoms with Crippen LogP contribution in [0.3, 0.4) is 0 Å². The molecule has 0 bridgehead atoms. The zero-order valence-electron chi connectivity index (χ0n) is 13.8. The number of carboxylic acids is 1. The highest BCUT2D eigenvalue weighted by atomic mass is 16.6. The van der Waals surface area contributed by atoms with Crippen LogP contribution in [0, 0.1) is 0 Å². The zero-order valence-corrected chi connectivity index (χ0v) is 13.8. The summed E-state index contributed by atoms with van der Waals surface area (Å²) in [5, 5.41) is 20.1. The number of benzene rings is 1. The minimum absolute atomic E-state index is 0.0888. The van der Waals surface area contributed by atoms with Crippen molar-refractivity contribution in [3.05, 3.63) is 35.2 Å². The summed E-state index contributed by atoms with van der Waals surface area (Å²) >= 11 is 0. The molecule has 138 valence electrons. The molecule has 2 aromatic rings. The van der Waals surface area contributed by atoms with Gasteiger partial charge in [0.1, 0.15) is 17.6 Å². The van der Waals surface area contributed by atoms with Crippen molar-refractivity contribution in [2.45, 2.75) is 12.5 Å². The largest absolute Gasteiger partial charge is 0.507 e. The van der Waals surface area contributed by atoms with Crippen molar-refractivity contribution in [2.75, 3.05) is 6.54 Å². The smallest absolute Gasteiger partial charge is 0.375 e. The molecule has 1 aromatic carbocycles. The molecule has 3 heterocycles. The Bertz CT molecular complexity index is 1070. The van der Waals surface area contributed by atoms with Gasteiger partial charge in [-0.15, -0.1) is 0 Å². The lowest BCUT2D eigenvalue weighted by Gasteiger charge is -2.21. The highest BCUT2D eigenvalue weighted by molar-refractivity contribution is 6.11. The maximum Gasteiger partial charge on any atom is 0.375 e. The Morgan fingerprint density at radius 3 is 2.81 bits per heavy atom. The van der Waals surface area contributed by atoms with Crippen LogP contribution >= 0.6 is 0 Å². The van der Waals surface area contributed by atoms with E-state index in [1.54, 1.807) is 0 Å². The first-order valence-electron chi connectivity index (χ1n) is 7.95. The Labute approximate surface area is 151 Å². The molecule has 0 radical (unpaired) electrons. The topological polar surface area (TPSA) is 170 Å². The number of hydrogen-bond acceptors (Lipinski definition) is 7. The van der Waals surface area contributed by atoms with Gasteiger partial charge in [-0.2, -0.15) is 0 Å². The van der Waals surface area contributed by atoms with Crippen molar-refractivity contribution >= 4 is 34.4 Å². The quantitative estimate of drug-likeness (QED) is 0.336. The number of carbonyl (C=O) groups is 2. The number of guanidine groups is 1. The van der Waals surface area contributed by atoms with Gasteiger partial charge >= 0.3 is 11.9 Å². The van der Waals surface area contributed by atoms with E-state index in [9.17, 15) is 19.8 Å². The maximum absolute atomic E-state index is 12.3. The number of phenols is 1. The first-order valence-corrected chi connectivity index (χ1v) is 7.95. The number of rotatable bonds is 4. The van der Waals surface area contributed by atoms with Gasteiger partial charge in [0, 0.05) is 24.6 Å². The van der Waals surface area contributed by atoms with Crippen LogP contribution in [0.15, 0.2) is 29.0 Å². The first-order chi connectivity index (χ1) is 12.9. The van der Waals surface area contributed by atoms with Gasteiger partial charge in [-0.25, -0.2) is 14.6 Å². The fourth-order valence-corrected chi connectivity index (χ4v) is 3.24. The molecule has 27 heavy (non-hydrogen) atoms. The SMILES string of the molecule is NC(N)=NCCC1OC(=O)C2=C1c1c(O)ccc3nc(C(=O)O)cc(c13)O2. The normalized spacial score (nSPS) is 17.3. The highest BCUT2D eigenvalue weighted by Gasteiger charge is 2.42. The van der Waals surface area contributed by atoms with Crippen LogP contribution in [0.1, 0.15) is 22.5 Å². The summed E-state index contributed by atoms with van der Waals surface area (Å²) in [7, 11) is 0. The Morgan fingerprint density at radius 2 is 2.11 bits per heavy atom. The number of carboxylic acid groups (broad SMARTS) is 1. The third-order valence-corrected chi connectivity index (χ3v) is 4.30. The maximum atomic E-state index is 12.3. The minimum atomic E-state index is -1.24. The molecule has 1 atom stereocenters. The second-order valence-electron chi connectivity index (χ2n) is 6.00. The molecule has 4 rings (SSSR count). The van der Waals surface area contributed by atoms with Crippen molar-refractivity contribution < 1.29 is 29.3 Å². The van der Waals surface area contributed by atoms with E-state index in [4.69, 9.17) is 20.9 Å². The van der Waals surface area contributed by atoms with Gasteiger partial charge in [0.25, 0.3) is 0 Å². The molecule has 0 saturated heterocycles. The molecule has 6 N–H and O–H groups in total. The van der Waals surface area contributed by atoms with Crippen LogP contribution in [0.5, 0.6) is 11.5 Å². The summed E-state index contributed by atoms with van der Waals surface area (Å²) in [5.41, 5.74) is 11.4. The third kappa shape index (κ3) is 2.58. The van der Waals surface area contributed by atoms with Crippen molar-refractivity contribution in [3.63, 3.8) is 0 Å². The molecule has 0 saturated carbocycles. The number of carbonyl (C=O) groups excluding carboxylic acids is 1. The summed E-state index contributed by atoms with van der Waals surface area (Å²) in [6.07, 6.45) is -0.447. The molecule has 0 fully saturated rings. The molecule has 1 aromatic heterocycles. The number of nitrogens with two attached hydrogens (primary N) is 2. The third-order valence-electron chi connectivity index (χ3n) is 4.30. The van der Waals surface area contributed by atoms with Crippen LogP contribution in [0.25, 0.3) is 16.5 Å². The van der Waals surface area contributed by atoms with Gasteiger partial charge in [0.2, 0.25) is 5.76 Å². The number of pyridine rings is 1. The van der Waals surface area contributed by atoms with E-state index in [0.717, 1.165) is 0 Å². The van der Waals surface area contributed by atoms with Gasteiger partial charge in [0.05, 0.1) is 16.5 Å². The average molecular weight is 370 g/mol. The average Bonchev–Trinajstić information content (AvgIpc) is 2.92. The minimum Gasteiger partial charge on any atom is -0.507 e. The molecule has 2 aliphatic heterocycles. The Balaban J connectivity index is 1.88. The van der Waals surface area contributed by atoms with E-state index in [1.165, 1.54) is 18.2 Å². The second-order valence-corrected chi connectivity index (χ2v) is 6.00. The fourth-order valence-electron chi connectivity index (χ4n) is 3.24.